The number of nitrogens with zero attached hydrogens (tertiary/aromatic N) is 1. The number of benzene rings is 1. The molecule has 1 aliphatic heterocycles. The molecule has 0 spiro atoms. The lowest BCUT2D eigenvalue weighted by atomic mass is 10.1. The van der Waals surface area contributed by atoms with Gasteiger partial charge in [0.1, 0.15) is 6.10 Å². The molecule has 26 heavy (non-hydrogen) atoms. The first-order chi connectivity index (χ1) is 12.4. The highest BCUT2D eigenvalue weighted by Crippen LogP contribution is 2.22. The predicted octanol–water partition coefficient (Wildman–Crippen LogP) is 2.78. The summed E-state index contributed by atoms with van der Waals surface area (Å²) in [6.45, 7) is 0.335. The van der Waals surface area contributed by atoms with Gasteiger partial charge in [-0.15, -0.1) is 11.3 Å². The molecule has 0 saturated heterocycles. The van der Waals surface area contributed by atoms with Crippen LogP contribution in [0.5, 0.6) is 0 Å². The minimum absolute atomic E-state index is 0.0459. The summed E-state index contributed by atoms with van der Waals surface area (Å²) in [7, 11) is 3.43. The number of hydroxylamine groups is 1. The van der Waals surface area contributed by atoms with Crippen LogP contribution < -0.4 is 10.8 Å². The Kier molecular flexibility index (Phi) is 5.61. The summed E-state index contributed by atoms with van der Waals surface area (Å²) in [4.78, 5) is 31.5. The van der Waals surface area contributed by atoms with E-state index in [1.54, 1.807) is 38.4 Å². The average molecular weight is 392 g/mol. The van der Waals surface area contributed by atoms with Crippen molar-refractivity contribution in [1.29, 1.82) is 0 Å². The van der Waals surface area contributed by atoms with Crippen LogP contribution in [0.1, 0.15) is 25.6 Å². The van der Waals surface area contributed by atoms with Crippen molar-refractivity contribution in [1.82, 2.24) is 15.7 Å². The molecule has 2 heterocycles. The predicted molar refractivity (Wildman–Crippen MR) is 102 cm³/mol. The molecule has 1 unspecified atom stereocenters. The molecule has 0 bridgehead atoms. The molecule has 0 aliphatic carbocycles. The van der Waals surface area contributed by atoms with Crippen molar-refractivity contribution in [2.45, 2.75) is 6.10 Å². The first-order valence-corrected chi connectivity index (χ1v) is 9.12. The van der Waals surface area contributed by atoms with Gasteiger partial charge in [0.2, 0.25) is 0 Å². The van der Waals surface area contributed by atoms with E-state index < -0.39 is 0 Å². The van der Waals surface area contributed by atoms with Crippen molar-refractivity contribution in [3.05, 3.63) is 62.8 Å². The van der Waals surface area contributed by atoms with E-state index >= 15 is 0 Å². The number of carbonyl (C=O) groups is 2. The van der Waals surface area contributed by atoms with E-state index in [4.69, 9.17) is 16.4 Å². The van der Waals surface area contributed by atoms with Crippen LogP contribution in [0.2, 0.25) is 4.34 Å². The monoisotopic (exact) mass is 391 g/mol. The summed E-state index contributed by atoms with van der Waals surface area (Å²) in [5.74, 6) is -0.227. The fourth-order valence-corrected chi connectivity index (χ4v) is 3.38. The largest absolute Gasteiger partial charge is 0.348 e. The highest BCUT2D eigenvalue weighted by atomic mass is 35.5. The van der Waals surface area contributed by atoms with Gasteiger partial charge >= 0.3 is 0 Å². The topological polar surface area (TPSA) is 70.7 Å². The molecule has 1 atom stereocenters. The van der Waals surface area contributed by atoms with Gasteiger partial charge in [0.25, 0.3) is 11.8 Å². The highest BCUT2D eigenvalue weighted by molar-refractivity contribution is 7.17. The Bertz CT molecular complexity index is 846. The van der Waals surface area contributed by atoms with Crippen LogP contribution in [0.4, 0.5) is 0 Å². The van der Waals surface area contributed by atoms with Gasteiger partial charge in [0.15, 0.2) is 0 Å². The number of nitrogens with one attached hydrogen (secondary N) is 2. The zero-order chi connectivity index (χ0) is 18.7. The summed E-state index contributed by atoms with van der Waals surface area (Å²) >= 11 is 7.07. The zero-order valence-electron chi connectivity index (χ0n) is 14.3. The van der Waals surface area contributed by atoms with Crippen LogP contribution in [-0.2, 0) is 4.84 Å². The molecule has 2 aromatic rings. The fraction of sp³-hybridized carbons (Fsp3) is 0.222. The molecular weight excluding hydrogens is 374 g/mol. The molecule has 2 N–H and O–H groups in total. The maximum absolute atomic E-state index is 12.0. The molecule has 8 heteroatoms. The van der Waals surface area contributed by atoms with Gasteiger partial charge in [0.05, 0.1) is 21.5 Å². The van der Waals surface area contributed by atoms with Gasteiger partial charge < -0.3 is 10.2 Å². The minimum atomic E-state index is -0.285. The molecule has 3 rings (SSSR count). The normalized spacial score (nSPS) is 16.0. The van der Waals surface area contributed by atoms with Gasteiger partial charge in [-0.1, -0.05) is 23.7 Å². The van der Waals surface area contributed by atoms with E-state index in [1.165, 1.54) is 16.2 Å². The molecule has 2 amide bonds. The zero-order valence-corrected chi connectivity index (χ0v) is 15.9. The first kappa shape index (κ1) is 18.4. The van der Waals surface area contributed by atoms with Crippen molar-refractivity contribution in [3.8, 4) is 0 Å². The van der Waals surface area contributed by atoms with Crippen molar-refractivity contribution in [2.75, 3.05) is 20.6 Å². The Morgan fingerprint density at radius 3 is 2.58 bits per heavy atom. The highest BCUT2D eigenvalue weighted by Gasteiger charge is 2.19. The van der Waals surface area contributed by atoms with Gasteiger partial charge in [-0.05, 0) is 35.9 Å². The number of hydrogen-bond donors (Lipinski definition) is 2. The van der Waals surface area contributed by atoms with Crippen LogP contribution >= 0.6 is 22.9 Å². The van der Waals surface area contributed by atoms with E-state index in [0.717, 1.165) is 11.3 Å². The van der Waals surface area contributed by atoms with E-state index in [0.29, 0.717) is 21.3 Å². The second-order valence-corrected chi connectivity index (χ2v) is 7.64. The lowest BCUT2D eigenvalue weighted by Crippen LogP contribution is -2.31. The molecule has 0 fully saturated rings. The van der Waals surface area contributed by atoms with Gasteiger partial charge in [-0.3, -0.25) is 19.9 Å². The number of halogens is 1. The second kappa shape index (κ2) is 7.90. The molecule has 136 valence electrons. The molecule has 0 radical (unpaired) electrons. The Morgan fingerprint density at radius 2 is 1.96 bits per heavy atom. The summed E-state index contributed by atoms with van der Waals surface area (Å²) < 4.78 is 0.576. The van der Waals surface area contributed by atoms with Crippen molar-refractivity contribution in [3.63, 3.8) is 0 Å². The number of carbonyl (C=O) groups excluding carboxylic acids is 2. The van der Waals surface area contributed by atoms with Crippen LogP contribution in [-0.4, -0.2) is 43.5 Å². The van der Waals surface area contributed by atoms with E-state index in [9.17, 15) is 9.59 Å². The molecule has 1 aliphatic rings. The molecule has 6 nitrogen and oxygen atoms in total. The molecule has 1 aromatic carbocycles. The fourth-order valence-electron chi connectivity index (χ4n) is 2.42. The summed E-state index contributed by atoms with van der Waals surface area (Å²) in [6.07, 6.45) is 1.61. The number of hydrogen-bond acceptors (Lipinski definition) is 5. The van der Waals surface area contributed by atoms with Crippen LogP contribution in [0, 0.1) is 0 Å². The van der Waals surface area contributed by atoms with E-state index in [2.05, 4.69) is 10.8 Å². The maximum atomic E-state index is 12.0. The van der Waals surface area contributed by atoms with Crippen LogP contribution in [0.25, 0.3) is 5.70 Å². The van der Waals surface area contributed by atoms with Gasteiger partial charge in [-0.2, -0.15) is 0 Å². The molecular formula is C18H18ClN3O3S. The Labute approximate surface area is 160 Å². The maximum Gasteiger partial charge on any atom is 0.261 e. The lowest BCUT2D eigenvalue weighted by Gasteiger charge is -2.10. The third-order valence-electron chi connectivity index (χ3n) is 3.78. The standard InChI is InChI=1S/C18H18ClN3O3S/c1-22(2)18(24)12-5-3-11(4-6-12)14-9-13(25-21-14)10-20-17(23)15-7-8-16(19)26-15/h3-9,13,21H,10H2,1-2H3,(H,20,23). The van der Waals surface area contributed by atoms with E-state index in [1.807, 2.05) is 18.2 Å². The molecule has 0 saturated carbocycles. The van der Waals surface area contributed by atoms with Crippen LogP contribution in [0.3, 0.4) is 0 Å². The third-order valence-corrected chi connectivity index (χ3v) is 5.01. The first-order valence-electron chi connectivity index (χ1n) is 7.93. The SMILES string of the molecule is CN(C)C(=O)c1ccc(C2=CC(CNC(=O)c3ccc(Cl)s3)ON2)cc1. The number of rotatable bonds is 5. The number of amides is 2. The van der Waals surface area contributed by atoms with Gasteiger partial charge in [-0.25, -0.2) is 0 Å². The molecule has 1 aromatic heterocycles. The van der Waals surface area contributed by atoms with Crippen LogP contribution in [0.15, 0.2) is 42.5 Å². The minimum Gasteiger partial charge on any atom is -0.348 e. The Morgan fingerprint density at radius 1 is 1.23 bits per heavy atom. The second-order valence-electron chi connectivity index (χ2n) is 5.93. The summed E-state index contributed by atoms with van der Waals surface area (Å²) in [6, 6.07) is 10.6. The van der Waals surface area contributed by atoms with E-state index in [-0.39, 0.29) is 17.9 Å². The number of thiophene rings is 1. The summed E-state index contributed by atoms with van der Waals surface area (Å²) in [5, 5.41) is 2.82. The summed E-state index contributed by atoms with van der Waals surface area (Å²) in [5.41, 5.74) is 5.18. The third kappa shape index (κ3) is 4.24. The quantitative estimate of drug-likeness (QED) is 0.822. The Balaban J connectivity index is 1.59. The lowest BCUT2D eigenvalue weighted by molar-refractivity contribution is 0.0499. The average Bonchev–Trinajstić information content (AvgIpc) is 3.28. The van der Waals surface area contributed by atoms with Gasteiger partial charge in [0, 0.05) is 19.7 Å². The Hall–Kier alpha value is -2.35. The van der Waals surface area contributed by atoms with Crippen molar-refractivity contribution < 1.29 is 14.4 Å². The van der Waals surface area contributed by atoms with Crippen molar-refractivity contribution in [2.24, 2.45) is 0 Å². The van der Waals surface area contributed by atoms with Crippen molar-refractivity contribution >= 4 is 40.4 Å². The smallest absolute Gasteiger partial charge is 0.261 e.